The SMILES string of the molecule is COC(=O)[C@H](C(C)C)N(C/C=C/CN(C(=O)c1ccccc1)[C@H](C(=O)OC)C(C)C)C(=O)c1ccccc1. The van der Waals surface area contributed by atoms with Gasteiger partial charge in [-0.3, -0.25) is 9.59 Å². The minimum Gasteiger partial charge on any atom is -0.467 e. The topological polar surface area (TPSA) is 93.2 Å². The van der Waals surface area contributed by atoms with Crippen molar-refractivity contribution in [3.05, 3.63) is 83.9 Å². The second-order valence-electron chi connectivity index (χ2n) is 9.54. The molecule has 2 aromatic carbocycles. The lowest BCUT2D eigenvalue weighted by Gasteiger charge is -2.33. The third kappa shape index (κ3) is 7.78. The van der Waals surface area contributed by atoms with Gasteiger partial charge < -0.3 is 19.3 Å². The van der Waals surface area contributed by atoms with Gasteiger partial charge in [-0.1, -0.05) is 76.2 Å². The van der Waals surface area contributed by atoms with E-state index in [0.29, 0.717) is 11.1 Å². The van der Waals surface area contributed by atoms with Crippen LogP contribution in [0.5, 0.6) is 0 Å². The van der Waals surface area contributed by atoms with Crippen LogP contribution in [0.3, 0.4) is 0 Å². The first-order chi connectivity index (χ1) is 18.1. The van der Waals surface area contributed by atoms with Crippen LogP contribution in [-0.2, 0) is 19.1 Å². The van der Waals surface area contributed by atoms with Gasteiger partial charge in [0.15, 0.2) is 0 Å². The van der Waals surface area contributed by atoms with Crippen molar-refractivity contribution in [2.24, 2.45) is 11.8 Å². The lowest BCUT2D eigenvalue weighted by molar-refractivity contribution is -0.148. The highest BCUT2D eigenvalue weighted by molar-refractivity contribution is 5.97. The minimum atomic E-state index is -0.808. The number of carbonyl (C=O) groups excluding carboxylic acids is 4. The molecule has 0 radical (unpaired) electrons. The van der Waals surface area contributed by atoms with Crippen LogP contribution >= 0.6 is 0 Å². The summed E-state index contributed by atoms with van der Waals surface area (Å²) < 4.78 is 10.0. The predicted molar refractivity (Wildman–Crippen MR) is 145 cm³/mol. The van der Waals surface area contributed by atoms with Crippen LogP contribution in [0.25, 0.3) is 0 Å². The van der Waals surface area contributed by atoms with Gasteiger partial charge in [-0.2, -0.15) is 0 Å². The molecule has 8 heteroatoms. The highest BCUT2D eigenvalue weighted by Crippen LogP contribution is 2.19. The van der Waals surface area contributed by atoms with E-state index in [-0.39, 0.29) is 36.7 Å². The van der Waals surface area contributed by atoms with Gasteiger partial charge in [-0.15, -0.1) is 0 Å². The summed E-state index contributed by atoms with van der Waals surface area (Å²) in [6.07, 6.45) is 3.44. The molecule has 0 spiro atoms. The maximum atomic E-state index is 13.4. The van der Waals surface area contributed by atoms with Crippen LogP contribution in [-0.4, -0.2) is 72.9 Å². The Labute approximate surface area is 225 Å². The molecular weight excluding hydrogens is 484 g/mol. The summed E-state index contributed by atoms with van der Waals surface area (Å²) in [4.78, 5) is 55.1. The Morgan fingerprint density at radius 2 is 0.947 bits per heavy atom. The molecule has 0 heterocycles. The van der Waals surface area contributed by atoms with Crippen LogP contribution in [0, 0.1) is 11.8 Å². The van der Waals surface area contributed by atoms with Crippen molar-refractivity contribution >= 4 is 23.8 Å². The zero-order chi connectivity index (χ0) is 28.2. The molecule has 0 aliphatic rings. The van der Waals surface area contributed by atoms with Gasteiger partial charge in [0, 0.05) is 24.2 Å². The van der Waals surface area contributed by atoms with Crippen molar-refractivity contribution in [2.45, 2.75) is 39.8 Å². The second-order valence-corrected chi connectivity index (χ2v) is 9.54. The Balaban J connectivity index is 2.38. The lowest BCUT2D eigenvalue weighted by atomic mass is 10.0. The number of ether oxygens (including phenoxy) is 2. The number of hydrogen-bond acceptors (Lipinski definition) is 6. The van der Waals surface area contributed by atoms with Crippen molar-refractivity contribution in [3.8, 4) is 0 Å². The Kier molecular flexibility index (Phi) is 11.7. The Morgan fingerprint density at radius 3 is 1.21 bits per heavy atom. The molecule has 0 saturated heterocycles. The highest BCUT2D eigenvalue weighted by atomic mass is 16.5. The molecule has 2 aromatic rings. The summed E-state index contributed by atoms with van der Waals surface area (Å²) in [7, 11) is 2.59. The molecule has 2 atom stereocenters. The second kappa shape index (κ2) is 14.7. The van der Waals surface area contributed by atoms with Crippen LogP contribution in [0.15, 0.2) is 72.8 Å². The number of benzene rings is 2. The monoisotopic (exact) mass is 522 g/mol. The molecule has 0 aliphatic carbocycles. The average molecular weight is 523 g/mol. The maximum Gasteiger partial charge on any atom is 0.328 e. The number of nitrogens with zero attached hydrogens (tertiary/aromatic N) is 2. The Hall–Kier alpha value is -3.94. The fraction of sp³-hybridized carbons (Fsp3) is 0.400. The summed E-state index contributed by atoms with van der Waals surface area (Å²) in [5, 5.41) is 0. The van der Waals surface area contributed by atoms with E-state index in [1.54, 1.807) is 60.7 Å². The quantitative estimate of drug-likeness (QED) is 0.306. The molecule has 0 aliphatic heterocycles. The number of esters is 2. The molecule has 38 heavy (non-hydrogen) atoms. The van der Waals surface area contributed by atoms with E-state index >= 15 is 0 Å². The first-order valence-electron chi connectivity index (χ1n) is 12.7. The third-order valence-electron chi connectivity index (χ3n) is 6.15. The molecule has 0 aromatic heterocycles. The molecule has 204 valence electrons. The summed E-state index contributed by atoms with van der Waals surface area (Å²) in [6.45, 7) is 7.59. The number of methoxy groups -OCH3 is 2. The van der Waals surface area contributed by atoms with E-state index in [1.165, 1.54) is 24.0 Å². The summed E-state index contributed by atoms with van der Waals surface area (Å²) >= 11 is 0. The third-order valence-corrected chi connectivity index (χ3v) is 6.15. The molecular formula is C30H38N2O6. The molecule has 0 saturated carbocycles. The summed E-state index contributed by atoms with van der Waals surface area (Å²) in [5.41, 5.74) is 0.892. The minimum absolute atomic E-state index is 0.101. The predicted octanol–water partition coefficient (Wildman–Crippen LogP) is 4.22. The van der Waals surface area contributed by atoms with Crippen molar-refractivity contribution < 1.29 is 28.7 Å². The maximum absolute atomic E-state index is 13.4. The fourth-order valence-electron chi connectivity index (χ4n) is 4.27. The van der Waals surface area contributed by atoms with Gasteiger partial charge in [0.25, 0.3) is 11.8 Å². The number of hydrogen-bond donors (Lipinski definition) is 0. The lowest BCUT2D eigenvalue weighted by Crippen LogP contribution is -2.49. The van der Waals surface area contributed by atoms with Gasteiger partial charge in [-0.25, -0.2) is 9.59 Å². The molecule has 8 nitrogen and oxygen atoms in total. The number of carbonyl (C=O) groups is 4. The summed E-state index contributed by atoms with van der Waals surface area (Å²) in [5.74, 6) is -2.06. The standard InChI is InChI=1S/C30H38N2O6/c1-21(2)25(29(35)37-5)31(27(33)23-15-9-7-10-16-23)19-13-14-20-32(26(22(3)4)30(36)38-6)28(34)24-17-11-8-12-18-24/h7-18,21-22,25-26H,19-20H2,1-6H3/b14-13+/t25-,26-/m0/s1. The van der Waals surface area contributed by atoms with E-state index < -0.39 is 24.0 Å². The van der Waals surface area contributed by atoms with Crippen LogP contribution < -0.4 is 0 Å². The van der Waals surface area contributed by atoms with Gasteiger partial charge in [-0.05, 0) is 36.1 Å². The van der Waals surface area contributed by atoms with Gasteiger partial charge in [0.05, 0.1) is 14.2 Å². The summed E-state index contributed by atoms with van der Waals surface area (Å²) in [6, 6.07) is 15.8. The van der Waals surface area contributed by atoms with Gasteiger partial charge >= 0.3 is 11.9 Å². The first kappa shape index (κ1) is 30.3. The van der Waals surface area contributed by atoms with E-state index in [1.807, 2.05) is 39.8 Å². The smallest absolute Gasteiger partial charge is 0.328 e. The number of amides is 2. The Morgan fingerprint density at radius 1 is 0.632 bits per heavy atom. The van der Waals surface area contributed by atoms with Gasteiger partial charge in [0.2, 0.25) is 0 Å². The molecule has 2 amide bonds. The van der Waals surface area contributed by atoms with Crippen LogP contribution in [0.1, 0.15) is 48.4 Å². The van der Waals surface area contributed by atoms with Crippen molar-refractivity contribution in [3.63, 3.8) is 0 Å². The molecule has 0 fully saturated rings. The van der Waals surface area contributed by atoms with E-state index in [9.17, 15) is 19.2 Å². The zero-order valence-corrected chi connectivity index (χ0v) is 23.0. The normalized spacial score (nSPS) is 12.7. The molecule has 2 rings (SSSR count). The van der Waals surface area contributed by atoms with E-state index in [2.05, 4.69) is 0 Å². The highest BCUT2D eigenvalue weighted by Gasteiger charge is 2.34. The van der Waals surface area contributed by atoms with E-state index in [4.69, 9.17) is 9.47 Å². The average Bonchev–Trinajstić information content (AvgIpc) is 2.93. The molecule has 0 unspecified atom stereocenters. The van der Waals surface area contributed by atoms with Gasteiger partial charge in [0.1, 0.15) is 12.1 Å². The van der Waals surface area contributed by atoms with E-state index in [0.717, 1.165) is 0 Å². The van der Waals surface area contributed by atoms with Crippen molar-refractivity contribution in [1.82, 2.24) is 9.80 Å². The van der Waals surface area contributed by atoms with Crippen LogP contribution in [0.4, 0.5) is 0 Å². The molecule has 0 bridgehead atoms. The van der Waals surface area contributed by atoms with Crippen molar-refractivity contribution in [1.29, 1.82) is 0 Å². The number of rotatable bonds is 12. The largest absolute Gasteiger partial charge is 0.467 e. The van der Waals surface area contributed by atoms with Crippen molar-refractivity contribution in [2.75, 3.05) is 27.3 Å². The zero-order valence-electron chi connectivity index (χ0n) is 23.0. The van der Waals surface area contributed by atoms with Crippen LogP contribution in [0.2, 0.25) is 0 Å². The fourth-order valence-corrected chi connectivity index (χ4v) is 4.27. The first-order valence-corrected chi connectivity index (χ1v) is 12.7. The Bertz CT molecular complexity index is 1010. The molecule has 0 N–H and O–H groups in total.